The van der Waals surface area contributed by atoms with E-state index < -0.39 is 6.61 Å². The number of nitrogens with one attached hydrogen (secondary N) is 1. The molecule has 1 aromatic heterocycles. The summed E-state index contributed by atoms with van der Waals surface area (Å²) in [4.78, 5) is 16.9. The fraction of sp³-hybridized carbons (Fsp3) is 0.200. The van der Waals surface area contributed by atoms with Crippen molar-refractivity contribution in [3.05, 3.63) is 59.7 Å². The van der Waals surface area contributed by atoms with Crippen molar-refractivity contribution < 1.29 is 18.3 Å². The molecule has 140 valence electrons. The average Bonchev–Trinajstić information content (AvgIpc) is 2.62. The molecule has 0 aliphatic heterocycles. The van der Waals surface area contributed by atoms with Gasteiger partial charge in [0.05, 0.1) is 22.0 Å². The van der Waals surface area contributed by atoms with E-state index in [1.165, 1.54) is 23.9 Å². The lowest BCUT2D eigenvalue weighted by Gasteiger charge is -2.12. The number of thioether (sulfide) groups is 1. The van der Waals surface area contributed by atoms with Crippen LogP contribution in [0.2, 0.25) is 0 Å². The van der Waals surface area contributed by atoms with Crippen LogP contribution in [0.5, 0.6) is 5.75 Å². The molecule has 0 radical (unpaired) electrons. The normalized spacial score (nSPS) is 11.0. The molecular weight excluding hydrogens is 370 g/mol. The molecule has 3 rings (SSSR count). The number of para-hydroxylation sites is 3. The van der Waals surface area contributed by atoms with Crippen molar-refractivity contribution >= 4 is 34.3 Å². The molecule has 27 heavy (non-hydrogen) atoms. The van der Waals surface area contributed by atoms with E-state index in [2.05, 4.69) is 15.0 Å². The van der Waals surface area contributed by atoms with Crippen LogP contribution < -0.4 is 10.1 Å². The highest BCUT2D eigenvalue weighted by Crippen LogP contribution is 2.28. The Hall–Kier alpha value is -2.67. The van der Waals surface area contributed by atoms with Gasteiger partial charge in [0.15, 0.2) is 0 Å². The molecule has 3 aromatic rings. The second-order valence-corrected chi connectivity index (χ2v) is 6.96. The van der Waals surface area contributed by atoms with Crippen molar-refractivity contribution in [1.82, 2.24) is 4.98 Å². The number of anilines is 1. The van der Waals surface area contributed by atoms with E-state index in [0.717, 1.165) is 27.1 Å². The molecule has 1 amide bonds. The number of ether oxygens (including phenoxy) is 1. The molecule has 0 aliphatic rings. The van der Waals surface area contributed by atoms with Crippen molar-refractivity contribution in [2.24, 2.45) is 0 Å². The number of alkyl halides is 2. The summed E-state index contributed by atoms with van der Waals surface area (Å²) >= 11 is 1.29. The van der Waals surface area contributed by atoms with Gasteiger partial charge in [-0.2, -0.15) is 8.78 Å². The second-order valence-electron chi connectivity index (χ2n) is 5.96. The maximum Gasteiger partial charge on any atom is 0.387 e. The van der Waals surface area contributed by atoms with Gasteiger partial charge in [0.2, 0.25) is 5.91 Å². The van der Waals surface area contributed by atoms with Gasteiger partial charge in [-0.15, -0.1) is 0 Å². The highest BCUT2D eigenvalue weighted by molar-refractivity contribution is 7.99. The smallest absolute Gasteiger partial charge is 0.387 e. The molecule has 4 nitrogen and oxygen atoms in total. The lowest BCUT2D eigenvalue weighted by Crippen LogP contribution is -2.15. The first-order valence-electron chi connectivity index (χ1n) is 8.27. The van der Waals surface area contributed by atoms with Gasteiger partial charge in [-0.05, 0) is 43.2 Å². The molecule has 0 saturated heterocycles. The first-order valence-corrected chi connectivity index (χ1v) is 9.26. The van der Waals surface area contributed by atoms with E-state index in [1.807, 2.05) is 38.1 Å². The lowest BCUT2D eigenvalue weighted by atomic mass is 10.1. The number of hydrogen-bond donors (Lipinski definition) is 1. The Balaban J connectivity index is 1.70. The Morgan fingerprint density at radius 3 is 2.70 bits per heavy atom. The first-order chi connectivity index (χ1) is 12.9. The van der Waals surface area contributed by atoms with Gasteiger partial charge < -0.3 is 10.1 Å². The molecule has 0 atom stereocenters. The number of benzene rings is 2. The Bertz CT molecular complexity index is 979. The Morgan fingerprint density at radius 1 is 1.15 bits per heavy atom. The van der Waals surface area contributed by atoms with E-state index in [4.69, 9.17) is 0 Å². The van der Waals surface area contributed by atoms with Crippen molar-refractivity contribution in [2.75, 3.05) is 11.1 Å². The van der Waals surface area contributed by atoms with Crippen molar-refractivity contribution in [3.63, 3.8) is 0 Å². The van der Waals surface area contributed by atoms with E-state index in [-0.39, 0.29) is 23.1 Å². The summed E-state index contributed by atoms with van der Waals surface area (Å²) in [6.07, 6.45) is 0. The summed E-state index contributed by atoms with van der Waals surface area (Å²) in [7, 11) is 0. The number of fused-ring (bicyclic) bond motifs is 1. The summed E-state index contributed by atoms with van der Waals surface area (Å²) in [6, 6.07) is 14.0. The minimum Gasteiger partial charge on any atom is -0.433 e. The Kier molecular flexibility index (Phi) is 5.91. The summed E-state index contributed by atoms with van der Waals surface area (Å²) in [5, 5.41) is 4.43. The molecule has 0 unspecified atom stereocenters. The largest absolute Gasteiger partial charge is 0.433 e. The number of rotatable bonds is 6. The van der Waals surface area contributed by atoms with Crippen LogP contribution in [0.15, 0.2) is 53.6 Å². The number of carbonyl (C=O) groups is 1. The predicted molar refractivity (Wildman–Crippen MR) is 104 cm³/mol. The van der Waals surface area contributed by atoms with Crippen LogP contribution in [0.25, 0.3) is 10.9 Å². The zero-order valence-corrected chi connectivity index (χ0v) is 15.6. The number of hydrogen-bond acceptors (Lipinski definition) is 4. The lowest BCUT2D eigenvalue weighted by molar-refractivity contribution is -0.113. The summed E-state index contributed by atoms with van der Waals surface area (Å²) in [5.41, 5.74) is 3.28. The first kappa shape index (κ1) is 19.1. The number of amides is 1. The SMILES string of the molecule is Cc1cc(SCC(=O)Nc2ccccc2OC(F)F)nc2c(C)cccc12. The van der Waals surface area contributed by atoms with Gasteiger partial charge in [-0.3, -0.25) is 4.79 Å². The molecule has 0 fully saturated rings. The second kappa shape index (κ2) is 8.35. The van der Waals surface area contributed by atoms with E-state index in [9.17, 15) is 13.6 Å². The zero-order valence-electron chi connectivity index (χ0n) is 14.8. The molecular formula is C20H18F2N2O2S. The third-order valence-corrected chi connectivity index (χ3v) is 4.86. The van der Waals surface area contributed by atoms with E-state index in [1.54, 1.807) is 12.1 Å². The topological polar surface area (TPSA) is 51.2 Å². The van der Waals surface area contributed by atoms with E-state index in [0.29, 0.717) is 0 Å². The van der Waals surface area contributed by atoms with Gasteiger partial charge in [0.1, 0.15) is 5.75 Å². The van der Waals surface area contributed by atoms with Crippen LogP contribution in [-0.2, 0) is 4.79 Å². The minimum atomic E-state index is -2.95. The molecule has 1 N–H and O–H groups in total. The number of carbonyl (C=O) groups excluding carboxylic acids is 1. The van der Waals surface area contributed by atoms with Crippen LogP contribution >= 0.6 is 11.8 Å². The van der Waals surface area contributed by atoms with Gasteiger partial charge in [0, 0.05) is 5.39 Å². The van der Waals surface area contributed by atoms with Gasteiger partial charge in [-0.25, -0.2) is 4.98 Å². The van der Waals surface area contributed by atoms with Crippen LogP contribution in [0.4, 0.5) is 14.5 Å². The monoisotopic (exact) mass is 388 g/mol. The standard InChI is InChI=1S/C20H18F2N2O2S/c1-12-6-5-7-14-13(2)10-18(24-19(12)14)27-11-17(25)23-15-8-3-4-9-16(15)26-20(21)22/h3-10,20H,11H2,1-2H3,(H,23,25). The molecule has 7 heteroatoms. The maximum atomic E-state index is 12.5. The number of pyridine rings is 1. The molecule has 0 bridgehead atoms. The van der Waals surface area contributed by atoms with Crippen LogP contribution in [-0.4, -0.2) is 23.3 Å². The zero-order chi connectivity index (χ0) is 19.4. The van der Waals surface area contributed by atoms with E-state index >= 15 is 0 Å². The summed E-state index contributed by atoms with van der Waals surface area (Å²) in [5.74, 6) is -0.289. The highest BCUT2D eigenvalue weighted by Gasteiger charge is 2.13. The van der Waals surface area contributed by atoms with Crippen molar-refractivity contribution in [2.45, 2.75) is 25.5 Å². The molecule has 1 heterocycles. The van der Waals surface area contributed by atoms with Crippen LogP contribution in [0, 0.1) is 13.8 Å². The Labute approximate surface area is 159 Å². The minimum absolute atomic E-state index is 0.0684. The number of aryl methyl sites for hydroxylation is 2. The fourth-order valence-corrected chi connectivity index (χ4v) is 3.47. The number of aromatic nitrogens is 1. The third kappa shape index (κ3) is 4.74. The third-order valence-electron chi connectivity index (χ3n) is 3.95. The van der Waals surface area contributed by atoms with Crippen LogP contribution in [0.1, 0.15) is 11.1 Å². The van der Waals surface area contributed by atoms with Crippen molar-refractivity contribution in [1.29, 1.82) is 0 Å². The van der Waals surface area contributed by atoms with Gasteiger partial charge in [0.25, 0.3) is 0 Å². The summed E-state index contributed by atoms with van der Waals surface area (Å²) in [6.45, 7) is 1.05. The summed E-state index contributed by atoms with van der Waals surface area (Å²) < 4.78 is 29.3. The molecule has 0 spiro atoms. The fourth-order valence-electron chi connectivity index (χ4n) is 2.70. The average molecular weight is 388 g/mol. The van der Waals surface area contributed by atoms with Crippen molar-refractivity contribution in [3.8, 4) is 5.75 Å². The Morgan fingerprint density at radius 2 is 1.93 bits per heavy atom. The van der Waals surface area contributed by atoms with Crippen LogP contribution in [0.3, 0.4) is 0 Å². The van der Waals surface area contributed by atoms with Gasteiger partial charge in [-0.1, -0.05) is 42.1 Å². The predicted octanol–water partition coefficient (Wildman–Crippen LogP) is 5.18. The molecule has 0 aliphatic carbocycles. The quantitative estimate of drug-likeness (QED) is 0.591. The number of nitrogens with zero attached hydrogens (tertiary/aromatic N) is 1. The molecule has 2 aromatic carbocycles. The molecule has 0 saturated carbocycles. The highest BCUT2D eigenvalue weighted by atomic mass is 32.2. The number of halogens is 2. The van der Waals surface area contributed by atoms with Gasteiger partial charge >= 0.3 is 6.61 Å². The maximum absolute atomic E-state index is 12.5.